The molecule has 0 saturated heterocycles. The first-order valence-corrected chi connectivity index (χ1v) is 6.77. The summed E-state index contributed by atoms with van der Waals surface area (Å²) in [6, 6.07) is 3.85. The van der Waals surface area contributed by atoms with Crippen molar-refractivity contribution in [2.75, 3.05) is 0 Å². The lowest BCUT2D eigenvalue weighted by Crippen LogP contribution is -2.45. The highest BCUT2D eigenvalue weighted by molar-refractivity contribution is 7.10. The molecule has 1 rings (SSSR count). The summed E-state index contributed by atoms with van der Waals surface area (Å²) in [5, 5.41) is 13.5. The van der Waals surface area contributed by atoms with Crippen molar-refractivity contribution in [2.24, 2.45) is 0 Å². The Kier molecular flexibility index (Phi) is 4.90. The summed E-state index contributed by atoms with van der Waals surface area (Å²) in [7, 11) is 0. The maximum Gasteiger partial charge on any atom is 0.303 e. The van der Waals surface area contributed by atoms with Crippen molar-refractivity contribution in [3.8, 4) is 0 Å². The van der Waals surface area contributed by atoms with Gasteiger partial charge in [0.15, 0.2) is 0 Å². The van der Waals surface area contributed by atoms with Crippen LogP contribution in [0.4, 0.5) is 0 Å². The van der Waals surface area contributed by atoms with E-state index in [4.69, 9.17) is 5.11 Å². The number of aliphatic carboxylic acids is 1. The first kappa shape index (κ1) is 14.7. The van der Waals surface area contributed by atoms with Crippen LogP contribution in [0.1, 0.15) is 44.4 Å². The maximum absolute atomic E-state index is 12.0. The molecule has 0 bridgehead atoms. The molecular formula is C13H19NO3S. The topological polar surface area (TPSA) is 66.4 Å². The summed E-state index contributed by atoms with van der Waals surface area (Å²) in [4.78, 5) is 23.6. The van der Waals surface area contributed by atoms with Gasteiger partial charge in [-0.05, 0) is 38.6 Å². The second kappa shape index (κ2) is 6.00. The van der Waals surface area contributed by atoms with Crippen LogP contribution in [0.5, 0.6) is 0 Å². The van der Waals surface area contributed by atoms with Gasteiger partial charge < -0.3 is 10.4 Å². The average molecular weight is 269 g/mol. The third kappa shape index (κ3) is 4.49. The number of carbonyl (C=O) groups is 2. The van der Waals surface area contributed by atoms with Crippen LogP contribution in [0.2, 0.25) is 0 Å². The van der Waals surface area contributed by atoms with Crippen molar-refractivity contribution in [1.29, 1.82) is 0 Å². The molecule has 4 nitrogen and oxygen atoms in total. The Morgan fingerprint density at radius 3 is 2.67 bits per heavy atom. The molecule has 1 aromatic rings. The summed E-state index contributed by atoms with van der Waals surface area (Å²) in [6.45, 7) is 5.54. The van der Waals surface area contributed by atoms with Gasteiger partial charge in [0.05, 0.1) is 5.92 Å². The van der Waals surface area contributed by atoms with Crippen molar-refractivity contribution in [3.05, 3.63) is 22.4 Å². The molecule has 0 spiro atoms. The van der Waals surface area contributed by atoms with E-state index in [1.165, 1.54) is 0 Å². The van der Waals surface area contributed by atoms with E-state index < -0.39 is 11.5 Å². The molecule has 1 aromatic heterocycles. The SMILES string of the molecule is CC(C(=O)NC(C)(C)CCC(=O)O)c1cccs1. The zero-order valence-electron chi connectivity index (χ0n) is 10.9. The van der Waals surface area contributed by atoms with Crippen LogP contribution < -0.4 is 5.32 Å². The molecule has 0 fully saturated rings. The van der Waals surface area contributed by atoms with Gasteiger partial charge >= 0.3 is 5.97 Å². The molecule has 0 aliphatic heterocycles. The summed E-state index contributed by atoms with van der Waals surface area (Å²) < 4.78 is 0. The molecule has 0 aromatic carbocycles. The summed E-state index contributed by atoms with van der Waals surface area (Å²) >= 11 is 1.55. The van der Waals surface area contributed by atoms with E-state index in [1.54, 1.807) is 11.3 Å². The van der Waals surface area contributed by atoms with Crippen LogP contribution >= 0.6 is 11.3 Å². The molecule has 1 unspecified atom stereocenters. The van der Waals surface area contributed by atoms with Crippen molar-refractivity contribution in [2.45, 2.75) is 45.1 Å². The number of rotatable bonds is 6. The van der Waals surface area contributed by atoms with E-state index in [9.17, 15) is 9.59 Å². The molecule has 1 amide bonds. The number of carboxylic acids is 1. The predicted molar refractivity (Wildman–Crippen MR) is 71.8 cm³/mol. The molecule has 0 aliphatic rings. The van der Waals surface area contributed by atoms with E-state index in [0.717, 1.165) is 4.88 Å². The van der Waals surface area contributed by atoms with Crippen LogP contribution in [0, 0.1) is 0 Å². The van der Waals surface area contributed by atoms with E-state index in [2.05, 4.69) is 5.32 Å². The van der Waals surface area contributed by atoms with Gasteiger partial charge in [-0.1, -0.05) is 6.07 Å². The molecule has 0 aliphatic carbocycles. The number of hydrogen-bond donors (Lipinski definition) is 2. The lowest BCUT2D eigenvalue weighted by atomic mass is 9.97. The van der Waals surface area contributed by atoms with Gasteiger partial charge in [0.2, 0.25) is 5.91 Å². The minimum absolute atomic E-state index is 0.0562. The third-order valence-electron chi connectivity index (χ3n) is 2.79. The predicted octanol–water partition coefficient (Wildman–Crippen LogP) is 2.61. The number of carboxylic acid groups (broad SMARTS) is 1. The number of amides is 1. The molecule has 1 heterocycles. The van der Waals surface area contributed by atoms with Crippen LogP contribution in [-0.4, -0.2) is 22.5 Å². The smallest absolute Gasteiger partial charge is 0.303 e. The summed E-state index contributed by atoms with van der Waals surface area (Å²) in [5.74, 6) is -1.11. The zero-order valence-corrected chi connectivity index (χ0v) is 11.7. The largest absolute Gasteiger partial charge is 0.481 e. The van der Waals surface area contributed by atoms with Gasteiger partial charge in [-0.3, -0.25) is 9.59 Å². The Labute approximate surface area is 111 Å². The second-order valence-corrected chi connectivity index (χ2v) is 5.98. The molecule has 100 valence electrons. The fourth-order valence-corrected chi connectivity index (χ4v) is 2.37. The molecule has 2 N–H and O–H groups in total. The first-order valence-electron chi connectivity index (χ1n) is 5.89. The van der Waals surface area contributed by atoms with Crippen molar-refractivity contribution in [3.63, 3.8) is 0 Å². The molecule has 5 heteroatoms. The minimum atomic E-state index is -0.844. The monoisotopic (exact) mass is 269 g/mol. The van der Waals surface area contributed by atoms with Crippen LogP contribution in [0.25, 0.3) is 0 Å². The van der Waals surface area contributed by atoms with Crippen molar-refractivity contribution in [1.82, 2.24) is 5.32 Å². The Bertz CT molecular complexity index is 412. The van der Waals surface area contributed by atoms with Crippen LogP contribution in [-0.2, 0) is 9.59 Å². The standard InChI is InChI=1S/C13H19NO3S/c1-9(10-5-4-8-18-10)12(17)14-13(2,3)7-6-11(15)16/h4-5,8-9H,6-7H2,1-3H3,(H,14,17)(H,15,16). The highest BCUT2D eigenvalue weighted by Gasteiger charge is 2.25. The van der Waals surface area contributed by atoms with Crippen LogP contribution in [0.15, 0.2) is 17.5 Å². The Morgan fingerprint density at radius 1 is 1.50 bits per heavy atom. The lowest BCUT2D eigenvalue weighted by molar-refractivity contribution is -0.137. The van der Waals surface area contributed by atoms with E-state index >= 15 is 0 Å². The Balaban J connectivity index is 2.55. The lowest BCUT2D eigenvalue weighted by Gasteiger charge is -2.27. The first-order chi connectivity index (χ1) is 8.32. The fourth-order valence-electron chi connectivity index (χ4n) is 1.59. The zero-order chi connectivity index (χ0) is 13.8. The van der Waals surface area contributed by atoms with Gasteiger partial charge in [-0.2, -0.15) is 0 Å². The van der Waals surface area contributed by atoms with Gasteiger partial charge in [0, 0.05) is 16.8 Å². The van der Waals surface area contributed by atoms with Gasteiger partial charge in [0.25, 0.3) is 0 Å². The average Bonchev–Trinajstić information content (AvgIpc) is 2.78. The number of nitrogens with one attached hydrogen (secondary N) is 1. The van der Waals surface area contributed by atoms with Gasteiger partial charge in [0.1, 0.15) is 0 Å². The quantitative estimate of drug-likeness (QED) is 0.834. The highest BCUT2D eigenvalue weighted by Crippen LogP contribution is 2.22. The Hall–Kier alpha value is -1.36. The van der Waals surface area contributed by atoms with Gasteiger partial charge in [-0.15, -0.1) is 11.3 Å². The van der Waals surface area contributed by atoms with Gasteiger partial charge in [-0.25, -0.2) is 0 Å². The molecular weight excluding hydrogens is 250 g/mol. The number of hydrogen-bond acceptors (Lipinski definition) is 3. The van der Waals surface area contributed by atoms with Crippen molar-refractivity contribution < 1.29 is 14.7 Å². The normalized spacial score (nSPS) is 13.1. The minimum Gasteiger partial charge on any atom is -0.481 e. The highest BCUT2D eigenvalue weighted by atomic mass is 32.1. The van der Waals surface area contributed by atoms with E-state index in [0.29, 0.717) is 6.42 Å². The maximum atomic E-state index is 12.0. The molecule has 0 saturated carbocycles. The Morgan fingerprint density at radius 2 is 2.17 bits per heavy atom. The second-order valence-electron chi connectivity index (χ2n) is 5.00. The van der Waals surface area contributed by atoms with Crippen molar-refractivity contribution >= 4 is 23.2 Å². The summed E-state index contributed by atoms with van der Waals surface area (Å²) in [5.41, 5.74) is -0.499. The summed E-state index contributed by atoms with van der Waals surface area (Å²) in [6.07, 6.45) is 0.478. The molecule has 0 radical (unpaired) electrons. The number of thiophene rings is 1. The third-order valence-corrected chi connectivity index (χ3v) is 3.84. The van der Waals surface area contributed by atoms with Crippen LogP contribution in [0.3, 0.4) is 0 Å². The van der Waals surface area contributed by atoms with E-state index in [-0.39, 0.29) is 18.2 Å². The molecule has 18 heavy (non-hydrogen) atoms. The fraction of sp³-hybridized carbons (Fsp3) is 0.538. The van der Waals surface area contributed by atoms with E-state index in [1.807, 2.05) is 38.3 Å². The number of carbonyl (C=O) groups excluding carboxylic acids is 1. The molecule has 1 atom stereocenters.